The lowest BCUT2D eigenvalue weighted by Gasteiger charge is -2.11. The summed E-state index contributed by atoms with van der Waals surface area (Å²) in [6, 6.07) is 21.6. The zero-order valence-corrected chi connectivity index (χ0v) is 18.0. The van der Waals surface area contributed by atoms with E-state index in [0.29, 0.717) is 27.6 Å². The van der Waals surface area contributed by atoms with Gasteiger partial charge in [0.2, 0.25) is 0 Å². The maximum absolute atomic E-state index is 13.0. The van der Waals surface area contributed by atoms with Gasteiger partial charge in [0.15, 0.2) is 16.5 Å². The standard InChI is InChI=1S/C25H20N2O3S/c1-16-6-5-7-18(12-16)15-30-21-11-10-17(13-22(21)29-2)14-23-24(28)27-20-9-4-3-8-19(20)26-25(27)31-23/h3-14H,15H2,1-2H3. The van der Waals surface area contributed by atoms with Crippen molar-refractivity contribution in [1.82, 2.24) is 9.38 Å². The van der Waals surface area contributed by atoms with Crippen molar-refractivity contribution in [2.75, 3.05) is 7.11 Å². The highest BCUT2D eigenvalue weighted by atomic mass is 32.1. The van der Waals surface area contributed by atoms with Crippen LogP contribution in [0.4, 0.5) is 0 Å². The summed E-state index contributed by atoms with van der Waals surface area (Å²) in [5, 5.41) is 0. The molecule has 0 aliphatic carbocycles. The summed E-state index contributed by atoms with van der Waals surface area (Å²) in [7, 11) is 1.61. The monoisotopic (exact) mass is 428 g/mol. The molecule has 2 heterocycles. The molecule has 0 bridgehead atoms. The van der Waals surface area contributed by atoms with Crippen molar-refractivity contribution in [2.24, 2.45) is 0 Å². The van der Waals surface area contributed by atoms with Crippen LogP contribution in [0, 0.1) is 6.92 Å². The van der Waals surface area contributed by atoms with Crippen molar-refractivity contribution in [2.45, 2.75) is 13.5 Å². The summed E-state index contributed by atoms with van der Waals surface area (Å²) < 4.78 is 13.8. The SMILES string of the molecule is COc1cc(C=c2sc3nc4ccccc4n3c2=O)ccc1OCc1cccc(C)c1. The Labute approximate surface area is 182 Å². The second kappa shape index (κ2) is 7.89. The Bertz CT molecular complexity index is 1520. The van der Waals surface area contributed by atoms with Gasteiger partial charge in [-0.05, 0) is 48.4 Å². The molecule has 3 aromatic carbocycles. The molecule has 0 saturated heterocycles. The second-order valence-electron chi connectivity index (χ2n) is 7.32. The van der Waals surface area contributed by atoms with Gasteiger partial charge in [0.1, 0.15) is 6.61 Å². The molecule has 0 amide bonds. The second-order valence-corrected chi connectivity index (χ2v) is 8.33. The molecule has 0 aliphatic rings. The van der Waals surface area contributed by atoms with Crippen LogP contribution in [0.15, 0.2) is 71.5 Å². The van der Waals surface area contributed by atoms with Crippen molar-refractivity contribution < 1.29 is 9.47 Å². The number of fused-ring (bicyclic) bond motifs is 3. The van der Waals surface area contributed by atoms with E-state index in [2.05, 4.69) is 24.0 Å². The van der Waals surface area contributed by atoms with Crippen molar-refractivity contribution in [3.05, 3.63) is 98.3 Å². The molecule has 0 fully saturated rings. The van der Waals surface area contributed by atoms with E-state index in [1.54, 1.807) is 11.5 Å². The smallest absolute Gasteiger partial charge is 0.274 e. The molecule has 0 saturated carbocycles. The minimum absolute atomic E-state index is 0.0626. The molecule has 0 aliphatic heterocycles. The Morgan fingerprint density at radius 1 is 1.03 bits per heavy atom. The van der Waals surface area contributed by atoms with Gasteiger partial charge in [-0.25, -0.2) is 9.38 Å². The maximum Gasteiger partial charge on any atom is 0.274 e. The number of para-hydroxylation sites is 2. The zero-order chi connectivity index (χ0) is 21.4. The fourth-order valence-electron chi connectivity index (χ4n) is 3.62. The highest BCUT2D eigenvalue weighted by Crippen LogP contribution is 2.29. The minimum atomic E-state index is -0.0626. The van der Waals surface area contributed by atoms with Crippen LogP contribution in [0.1, 0.15) is 16.7 Å². The molecular weight excluding hydrogens is 408 g/mol. The minimum Gasteiger partial charge on any atom is -0.493 e. The quantitative estimate of drug-likeness (QED) is 0.418. The maximum atomic E-state index is 13.0. The number of hydrogen-bond donors (Lipinski definition) is 0. The Morgan fingerprint density at radius 2 is 1.90 bits per heavy atom. The van der Waals surface area contributed by atoms with E-state index in [1.165, 1.54) is 16.9 Å². The molecule has 0 radical (unpaired) electrons. The van der Waals surface area contributed by atoms with Gasteiger partial charge in [0.05, 0.1) is 22.7 Å². The first-order valence-electron chi connectivity index (χ1n) is 9.90. The van der Waals surface area contributed by atoms with Crippen molar-refractivity contribution in [1.29, 1.82) is 0 Å². The third-order valence-corrected chi connectivity index (χ3v) is 6.08. The average Bonchev–Trinajstić information content (AvgIpc) is 3.29. The molecule has 0 unspecified atom stereocenters. The summed E-state index contributed by atoms with van der Waals surface area (Å²) >= 11 is 1.38. The normalized spacial score (nSPS) is 12.0. The molecule has 154 valence electrons. The Balaban J connectivity index is 1.47. The Kier molecular flexibility index (Phi) is 4.92. The largest absolute Gasteiger partial charge is 0.493 e. The molecule has 5 aromatic rings. The zero-order valence-electron chi connectivity index (χ0n) is 17.2. The molecule has 31 heavy (non-hydrogen) atoms. The predicted octanol–water partition coefficient (Wildman–Crippen LogP) is 4.35. The topological polar surface area (TPSA) is 52.8 Å². The van der Waals surface area contributed by atoms with Crippen molar-refractivity contribution in [3.8, 4) is 11.5 Å². The molecule has 0 spiro atoms. The van der Waals surface area contributed by atoms with E-state index in [-0.39, 0.29) is 5.56 Å². The fraction of sp³-hybridized carbons (Fsp3) is 0.120. The summed E-state index contributed by atoms with van der Waals surface area (Å²) in [6.45, 7) is 2.52. The number of aromatic nitrogens is 2. The number of ether oxygens (including phenoxy) is 2. The van der Waals surface area contributed by atoms with Crippen LogP contribution in [0.3, 0.4) is 0 Å². The van der Waals surface area contributed by atoms with E-state index in [1.807, 2.05) is 60.7 Å². The summed E-state index contributed by atoms with van der Waals surface area (Å²) in [5.74, 6) is 1.29. The van der Waals surface area contributed by atoms with E-state index in [4.69, 9.17) is 9.47 Å². The van der Waals surface area contributed by atoms with Crippen LogP contribution in [0.2, 0.25) is 0 Å². The van der Waals surface area contributed by atoms with Crippen LogP contribution in [0.25, 0.3) is 22.1 Å². The van der Waals surface area contributed by atoms with Crippen LogP contribution >= 0.6 is 11.3 Å². The van der Waals surface area contributed by atoms with E-state index in [0.717, 1.165) is 22.2 Å². The average molecular weight is 429 g/mol. The molecule has 5 nitrogen and oxygen atoms in total. The molecule has 0 N–H and O–H groups in total. The van der Waals surface area contributed by atoms with Gasteiger partial charge in [-0.15, -0.1) is 0 Å². The number of methoxy groups -OCH3 is 1. The van der Waals surface area contributed by atoms with Gasteiger partial charge >= 0.3 is 0 Å². The summed E-state index contributed by atoms with van der Waals surface area (Å²) in [5.41, 5.74) is 4.76. The van der Waals surface area contributed by atoms with Gasteiger partial charge in [-0.1, -0.05) is 59.4 Å². The first kappa shape index (κ1) is 19.3. The first-order valence-corrected chi connectivity index (χ1v) is 10.7. The van der Waals surface area contributed by atoms with E-state index in [9.17, 15) is 4.79 Å². The van der Waals surface area contributed by atoms with Crippen LogP contribution in [-0.4, -0.2) is 16.5 Å². The molecule has 2 aromatic heterocycles. The van der Waals surface area contributed by atoms with Crippen LogP contribution < -0.4 is 19.6 Å². The summed E-state index contributed by atoms with van der Waals surface area (Å²) in [6.07, 6.45) is 1.86. The predicted molar refractivity (Wildman–Crippen MR) is 124 cm³/mol. The molecule has 0 atom stereocenters. The van der Waals surface area contributed by atoms with Gasteiger partial charge in [-0.2, -0.15) is 0 Å². The highest BCUT2D eigenvalue weighted by Gasteiger charge is 2.11. The van der Waals surface area contributed by atoms with E-state index >= 15 is 0 Å². The number of hydrogen-bond acceptors (Lipinski definition) is 5. The van der Waals surface area contributed by atoms with Gasteiger partial charge in [0.25, 0.3) is 5.56 Å². The molecule has 6 heteroatoms. The fourth-order valence-corrected chi connectivity index (χ4v) is 4.61. The van der Waals surface area contributed by atoms with Crippen molar-refractivity contribution >= 4 is 33.4 Å². The van der Waals surface area contributed by atoms with Gasteiger partial charge in [-0.3, -0.25) is 4.79 Å². The first-order chi connectivity index (χ1) is 15.1. The van der Waals surface area contributed by atoms with Crippen LogP contribution in [0.5, 0.6) is 11.5 Å². The van der Waals surface area contributed by atoms with Crippen molar-refractivity contribution in [3.63, 3.8) is 0 Å². The van der Waals surface area contributed by atoms with Gasteiger partial charge < -0.3 is 9.47 Å². The number of benzene rings is 3. The number of rotatable bonds is 5. The number of thiazole rings is 1. The lowest BCUT2D eigenvalue weighted by Crippen LogP contribution is -2.22. The lowest BCUT2D eigenvalue weighted by molar-refractivity contribution is 0.284. The Hall–Kier alpha value is -3.64. The van der Waals surface area contributed by atoms with Gasteiger partial charge in [0, 0.05) is 0 Å². The third kappa shape index (κ3) is 3.66. The third-order valence-electron chi connectivity index (χ3n) is 5.11. The number of nitrogens with zero attached hydrogens (tertiary/aromatic N) is 2. The summed E-state index contributed by atoms with van der Waals surface area (Å²) in [4.78, 5) is 18.2. The molecule has 5 rings (SSSR count). The number of aryl methyl sites for hydroxylation is 1. The van der Waals surface area contributed by atoms with E-state index < -0.39 is 0 Å². The lowest BCUT2D eigenvalue weighted by atomic mass is 10.1. The Morgan fingerprint density at radius 3 is 2.74 bits per heavy atom. The number of imidazole rings is 1. The van der Waals surface area contributed by atoms with Crippen LogP contribution in [-0.2, 0) is 6.61 Å². The highest BCUT2D eigenvalue weighted by molar-refractivity contribution is 7.15. The molecular formula is C25H20N2O3S.